The Morgan fingerprint density at radius 3 is 2.78 bits per heavy atom. The maximum Gasteiger partial charge on any atom is 0.287 e. The number of furan rings is 2. The maximum atomic E-state index is 12.8. The van der Waals surface area contributed by atoms with E-state index < -0.39 is 0 Å². The lowest BCUT2D eigenvalue weighted by atomic mass is 10.1. The molecule has 1 atom stereocenters. The summed E-state index contributed by atoms with van der Waals surface area (Å²) in [6.07, 6.45) is 4.03. The van der Waals surface area contributed by atoms with Gasteiger partial charge in [-0.2, -0.15) is 0 Å². The summed E-state index contributed by atoms with van der Waals surface area (Å²) < 4.78 is 11.5. The SMILES string of the molecule is Cc1cc2oc(C(=O)NCC(c3ccco3)N3CCCC3)c(C)c2cc1Cl. The topological polar surface area (TPSA) is 58.6 Å². The van der Waals surface area contributed by atoms with Crippen LogP contribution in [0, 0.1) is 13.8 Å². The molecule has 4 rings (SSSR count). The van der Waals surface area contributed by atoms with E-state index in [2.05, 4.69) is 10.2 Å². The third-order valence-corrected chi connectivity index (χ3v) is 5.74. The summed E-state index contributed by atoms with van der Waals surface area (Å²) in [5, 5.41) is 4.57. The Hall–Kier alpha value is -2.24. The molecule has 0 spiro atoms. The molecule has 0 saturated carbocycles. The predicted molar refractivity (Wildman–Crippen MR) is 105 cm³/mol. The van der Waals surface area contributed by atoms with Crippen molar-refractivity contribution >= 4 is 28.5 Å². The van der Waals surface area contributed by atoms with Crippen LogP contribution in [0.2, 0.25) is 5.02 Å². The highest BCUT2D eigenvalue weighted by molar-refractivity contribution is 6.32. The average Bonchev–Trinajstić information content (AvgIpc) is 3.39. The normalized spacial score (nSPS) is 16.1. The van der Waals surface area contributed by atoms with Gasteiger partial charge in [0.25, 0.3) is 5.91 Å². The number of amides is 1. The minimum atomic E-state index is -0.215. The second kappa shape index (κ2) is 7.41. The average molecular weight is 387 g/mol. The van der Waals surface area contributed by atoms with Crippen LogP contribution in [0.5, 0.6) is 0 Å². The van der Waals surface area contributed by atoms with Crippen LogP contribution in [-0.4, -0.2) is 30.4 Å². The molecular formula is C21H23ClN2O3. The summed E-state index contributed by atoms with van der Waals surface area (Å²) in [6, 6.07) is 7.62. The standard InChI is InChI=1S/C21H23ClN2O3/c1-13-10-19-15(11-16(13)22)14(2)20(27-19)21(25)23-12-17(18-6-5-9-26-18)24-7-3-4-8-24/h5-6,9-11,17H,3-4,7-8,12H2,1-2H3,(H,23,25). The monoisotopic (exact) mass is 386 g/mol. The number of benzene rings is 1. The van der Waals surface area contributed by atoms with Gasteiger partial charge in [0, 0.05) is 22.5 Å². The highest BCUT2D eigenvalue weighted by atomic mass is 35.5. The number of nitrogens with one attached hydrogen (secondary N) is 1. The fraction of sp³-hybridized carbons (Fsp3) is 0.381. The van der Waals surface area contributed by atoms with Gasteiger partial charge in [0.2, 0.25) is 0 Å². The number of hydrogen-bond acceptors (Lipinski definition) is 4. The molecule has 2 aromatic heterocycles. The van der Waals surface area contributed by atoms with Crippen molar-refractivity contribution in [2.24, 2.45) is 0 Å². The maximum absolute atomic E-state index is 12.8. The number of hydrogen-bond donors (Lipinski definition) is 1. The molecule has 6 heteroatoms. The lowest BCUT2D eigenvalue weighted by Gasteiger charge is -2.25. The lowest BCUT2D eigenvalue weighted by Crippen LogP contribution is -2.36. The van der Waals surface area contributed by atoms with E-state index in [-0.39, 0.29) is 11.9 Å². The lowest BCUT2D eigenvalue weighted by molar-refractivity contribution is 0.0907. The summed E-state index contributed by atoms with van der Waals surface area (Å²) in [5.41, 5.74) is 2.42. The molecule has 3 heterocycles. The number of fused-ring (bicyclic) bond motifs is 1. The van der Waals surface area contributed by atoms with Crippen molar-refractivity contribution in [3.05, 3.63) is 58.2 Å². The third-order valence-electron chi connectivity index (χ3n) is 5.33. The van der Waals surface area contributed by atoms with Gasteiger partial charge in [0.15, 0.2) is 5.76 Å². The van der Waals surface area contributed by atoms with E-state index in [0.29, 0.717) is 22.9 Å². The van der Waals surface area contributed by atoms with E-state index in [1.807, 2.05) is 38.1 Å². The van der Waals surface area contributed by atoms with Gasteiger partial charge in [-0.25, -0.2) is 0 Å². The third kappa shape index (κ3) is 3.49. The molecule has 1 amide bonds. The van der Waals surface area contributed by atoms with Gasteiger partial charge in [-0.05, 0) is 69.6 Å². The molecule has 1 saturated heterocycles. The van der Waals surface area contributed by atoms with Crippen molar-refractivity contribution in [3.63, 3.8) is 0 Å². The van der Waals surface area contributed by atoms with Crippen molar-refractivity contribution in [3.8, 4) is 0 Å². The van der Waals surface area contributed by atoms with Crippen molar-refractivity contribution in [2.45, 2.75) is 32.7 Å². The van der Waals surface area contributed by atoms with E-state index in [4.69, 9.17) is 20.4 Å². The Kier molecular flexibility index (Phi) is 4.98. The van der Waals surface area contributed by atoms with Gasteiger partial charge < -0.3 is 14.2 Å². The van der Waals surface area contributed by atoms with Crippen LogP contribution >= 0.6 is 11.6 Å². The van der Waals surface area contributed by atoms with Gasteiger partial charge in [-0.15, -0.1) is 0 Å². The summed E-state index contributed by atoms with van der Waals surface area (Å²) in [6.45, 7) is 6.31. The van der Waals surface area contributed by atoms with Crippen LogP contribution in [-0.2, 0) is 0 Å². The number of rotatable bonds is 5. The Morgan fingerprint density at radius 1 is 1.30 bits per heavy atom. The van der Waals surface area contributed by atoms with Crippen LogP contribution in [0.25, 0.3) is 11.0 Å². The Bertz CT molecular complexity index is 956. The number of likely N-dealkylation sites (tertiary alicyclic amines) is 1. The zero-order valence-electron chi connectivity index (χ0n) is 15.5. The Balaban J connectivity index is 1.54. The van der Waals surface area contributed by atoms with Crippen LogP contribution in [0.3, 0.4) is 0 Å². The summed E-state index contributed by atoms with van der Waals surface area (Å²) in [7, 11) is 0. The molecule has 142 valence electrons. The van der Waals surface area contributed by atoms with E-state index in [1.165, 1.54) is 12.8 Å². The fourth-order valence-corrected chi connectivity index (χ4v) is 3.94. The molecule has 0 aliphatic carbocycles. The number of halogens is 1. The van der Waals surface area contributed by atoms with Gasteiger partial charge in [-0.1, -0.05) is 11.6 Å². The van der Waals surface area contributed by atoms with E-state index in [1.54, 1.807) is 6.26 Å². The first-order valence-electron chi connectivity index (χ1n) is 9.29. The van der Waals surface area contributed by atoms with Crippen molar-refractivity contribution in [2.75, 3.05) is 19.6 Å². The molecule has 5 nitrogen and oxygen atoms in total. The van der Waals surface area contributed by atoms with E-state index >= 15 is 0 Å². The molecule has 0 bridgehead atoms. The van der Waals surface area contributed by atoms with E-state index in [0.717, 1.165) is 35.4 Å². The number of aryl methyl sites for hydroxylation is 2. The van der Waals surface area contributed by atoms with Gasteiger partial charge in [-0.3, -0.25) is 9.69 Å². The molecule has 27 heavy (non-hydrogen) atoms. The second-order valence-corrected chi connectivity index (χ2v) is 7.55. The molecule has 1 aromatic carbocycles. The summed E-state index contributed by atoms with van der Waals surface area (Å²) >= 11 is 6.22. The van der Waals surface area contributed by atoms with Gasteiger partial charge >= 0.3 is 0 Å². The molecular weight excluding hydrogens is 364 g/mol. The smallest absolute Gasteiger partial charge is 0.287 e. The molecule has 1 unspecified atom stereocenters. The van der Waals surface area contributed by atoms with Crippen molar-refractivity contribution in [1.82, 2.24) is 10.2 Å². The van der Waals surface area contributed by atoms with Crippen LogP contribution in [0.15, 0.2) is 39.4 Å². The minimum absolute atomic E-state index is 0.0350. The first kappa shape index (κ1) is 18.1. The largest absolute Gasteiger partial charge is 0.468 e. The highest BCUT2D eigenvalue weighted by Crippen LogP contribution is 2.30. The second-order valence-electron chi connectivity index (χ2n) is 7.14. The molecule has 1 aliphatic rings. The van der Waals surface area contributed by atoms with Crippen LogP contribution in [0.1, 0.15) is 46.3 Å². The van der Waals surface area contributed by atoms with Gasteiger partial charge in [0.1, 0.15) is 11.3 Å². The fourth-order valence-electron chi connectivity index (χ4n) is 3.77. The molecule has 1 aliphatic heterocycles. The van der Waals surface area contributed by atoms with Crippen molar-refractivity contribution in [1.29, 1.82) is 0 Å². The minimum Gasteiger partial charge on any atom is -0.468 e. The number of carbonyl (C=O) groups excluding carboxylic acids is 1. The summed E-state index contributed by atoms with van der Waals surface area (Å²) in [4.78, 5) is 15.2. The number of carbonyl (C=O) groups is 1. The molecule has 1 fully saturated rings. The summed E-state index contributed by atoms with van der Waals surface area (Å²) in [5.74, 6) is 1.00. The zero-order valence-corrected chi connectivity index (χ0v) is 16.3. The van der Waals surface area contributed by atoms with Gasteiger partial charge in [0.05, 0.1) is 12.3 Å². The quantitative estimate of drug-likeness (QED) is 0.680. The number of nitrogens with zero attached hydrogens (tertiary/aromatic N) is 1. The molecule has 0 radical (unpaired) electrons. The molecule has 1 N–H and O–H groups in total. The molecule has 3 aromatic rings. The Labute approximate surface area is 163 Å². The van der Waals surface area contributed by atoms with Crippen LogP contribution < -0.4 is 5.32 Å². The Morgan fingerprint density at radius 2 is 2.07 bits per heavy atom. The zero-order chi connectivity index (χ0) is 19.0. The highest BCUT2D eigenvalue weighted by Gasteiger charge is 2.27. The van der Waals surface area contributed by atoms with E-state index in [9.17, 15) is 4.79 Å². The first-order chi connectivity index (χ1) is 13.0. The first-order valence-corrected chi connectivity index (χ1v) is 9.67. The van der Waals surface area contributed by atoms with Crippen molar-refractivity contribution < 1.29 is 13.6 Å². The van der Waals surface area contributed by atoms with Crippen LogP contribution in [0.4, 0.5) is 0 Å². The predicted octanol–water partition coefficient (Wildman–Crippen LogP) is 4.86.